The minimum absolute atomic E-state index is 0.0661. The van der Waals surface area contributed by atoms with Gasteiger partial charge in [0.15, 0.2) is 11.5 Å². The number of anilines is 1. The summed E-state index contributed by atoms with van der Waals surface area (Å²) in [5, 5.41) is 2.16. The van der Waals surface area contributed by atoms with E-state index in [4.69, 9.17) is 14.2 Å². The molecule has 9 heteroatoms. The highest BCUT2D eigenvalue weighted by molar-refractivity contribution is 6.39. The van der Waals surface area contributed by atoms with E-state index in [1.54, 1.807) is 25.1 Å². The van der Waals surface area contributed by atoms with Crippen LogP contribution in [0.25, 0.3) is 6.08 Å². The minimum Gasteiger partial charge on any atom is -0.493 e. The van der Waals surface area contributed by atoms with Crippen molar-refractivity contribution in [2.45, 2.75) is 26.9 Å². The average molecular weight is 452 g/mol. The highest BCUT2D eigenvalue weighted by Crippen LogP contribution is 2.30. The van der Waals surface area contributed by atoms with Crippen molar-refractivity contribution < 1.29 is 33.4 Å². The number of carbonyl (C=O) groups is 4. The SMILES string of the molecule is CCOC(=O)c1ccc(N2C(=O)NC(=O)/C(=C\c3ccc(OC(C)C)c(OC)c3)C2=O)cc1. The second-order valence-corrected chi connectivity index (χ2v) is 7.30. The molecule has 1 saturated heterocycles. The van der Waals surface area contributed by atoms with Gasteiger partial charge in [-0.15, -0.1) is 0 Å². The predicted molar refractivity (Wildman–Crippen MR) is 120 cm³/mol. The molecule has 1 aliphatic rings. The Labute approximate surface area is 190 Å². The zero-order chi connectivity index (χ0) is 24.1. The number of carbonyl (C=O) groups excluding carboxylic acids is 4. The highest BCUT2D eigenvalue weighted by Gasteiger charge is 2.36. The van der Waals surface area contributed by atoms with E-state index in [0.29, 0.717) is 17.1 Å². The number of nitrogens with zero attached hydrogens (tertiary/aromatic N) is 1. The number of urea groups is 1. The Balaban J connectivity index is 1.92. The van der Waals surface area contributed by atoms with Crippen molar-refractivity contribution in [3.63, 3.8) is 0 Å². The van der Waals surface area contributed by atoms with Crippen LogP contribution in [0.1, 0.15) is 36.7 Å². The van der Waals surface area contributed by atoms with Crippen LogP contribution >= 0.6 is 0 Å². The number of benzene rings is 2. The van der Waals surface area contributed by atoms with Crippen LogP contribution in [0.3, 0.4) is 0 Å². The molecule has 2 aromatic carbocycles. The van der Waals surface area contributed by atoms with Crippen LogP contribution in [0, 0.1) is 0 Å². The number of amides is 4. The van der Waals surface area contributed by atoms with E-state index in [2.05, 4.69) is 5.32 Å². The first-order chi connectivity index (χ1) is 15.7. The van der Waals surface area contributed by atoms with E-state index in [1.807, 2.05) is 13.8 Å². The Kier molecular flexibility index (Phi) is 7.12. The van der Waals surface area contributed by atoms with Crippen LogP contribution in [0.5, 0.6) is 11.5 Å². The number of nitrogens with one attached hydrogen (secondary N) is 1. The first-order valence-corrected chi connectivity index (χ1v) is 10.3. The fraction of sp³-hybridized carbons (Fsp3) is 0.250. The normalized spacial score (nSPS) is 15.0. The Morgan fingerprint density at radius 1 is 1.06 bits per heavy atom. The molecule has 0 atom stereocenters. The van der Waals surface area contributed by atoms with Crippen molar-refractivity contribution in [3.05, 3.63) is 59.2 Å². The molecule has 1 fully saturated rings. The summed E-state index contributed by atoms with van der Waals surface area (Å²) in [4.78, 5) is 50.6. The van der Waals surface area contributed by atoms with Gasteiger partial charge in [0.1, 0.15) is 5.57 Å². The summed E-state index contributed by atoms with van der Waals surface area (Å²) in [5.74, 6) is -1.18. The topological polar surface area (TPSA) is 111 Å². The highest BCUT2D eigenvalue weighted by atomic mass is 16.5. The molecule has 0 saturated carbocycles. The van der Waals surface area contributed by atoms with E-state index in [0.717, 1.165) is 4.90 Å². The number of hydrogen-bond donors (Lipinski definition) is 1. The number of rotatable bonds is 7. The Hall–Kier alpha value is -4.14. The first-order valence-electron chi connectivity index (χ1n) is 10.3. The van der Waals surface area contributed by atoms with E-state index < -0.39 is 23.8 Å². The second kappa shape index (κ2) is 9.99. The lowest BCUT2D eigenvalue weighted by molar-refractivity contribution is -0.122. The molecule has 4 amide bonds. The van der Waals surface area contributed by atoms with Crippen molar-refractivity contribution in [2.75, 3.05) is 18.6 Å². The Morgan fingerprint density at radius 2 is 1.76 bits per heavy atom. The number of methoxy groups -OCH3 is 1. The molecular formula is C24H24N2O7. The van der Waals surface area contributed by atoms with Gasteiger partial charge in [0.2, 0.25) is 0 Å². The molecule has 33 heavy (non-hydrogen) atoms. The van der Waals surface area contributed by atoms with E-state index in [9.17, 15) is 19.2 Å². The summed E-state index contributed by atoms with van der Waals surface area (Å²) < 4.78 is 15.9. The van der Waals surface area contributed by atoms with Crippen LogP contribution in [0.2, 0.25) is 0 Å². The average Bonchev–Trinajstić information content (AvgIpc) is 2.77. The van der Waals surface area contributed by atoms with Crippen molar-refractivity contribution in [3.8, 4) is 11.5 Å². The molecular weight excluding hydrogens is 428 g/mol. The quantitative estimate of drug-likeness (QED) is 0.390. The molecule has 0 aliphatic carbocycles. The second-order valence-electron chi connectivity index (χ2n) is 7.30. The van der Waals surface area contributed by atoms with E-state index in [1.165, 1.54) is 37.5 Å². The third-order valence-corrected chi connectivity index (χ3v) is 4.60. The summed E-state index contributed by atoms with van der Waals surface area (Å²) >= 11 is 0. The van der Waals surface area contributed by atoms with Gasteiger partial charge in [0.05, 0.1) is 31.1 Å². The van der Waals surface area contributed by atoms with Gasteiger partial charge < -0.3 is 14.2 Å². The largest absolute Gasteiger partial charge is 0.493 e. The number of esters is 1. The molecule has 3 rings (SSSR count). The summed E-state index contributed by atoms with van der Waals surface area (Å²) in [7, 11) is 1.48. The molecule has 0 aromatic heterocycles. The molecule has 0 unspecified atom stereocenters. The van der Waals surface area contributed by atoms with Gasteiger partial charge in [-0.05, 0) is 68.8 Å². The first kappa shape index (κ1) is 23.5. The molecule has 2 aromatic rings. The van der Waals surface area contributed by atoms with E-state index >= 15 is 0 Å². The van der Waals surface area contributed by atoms with Crippen LogP contribution in [-0.2, 0) is 14.3 Å². The maximum atomic E-state index is 13.1. The maximum absolute atomic E-state index is 13.1. The smallest absolute Gasteiger partial charge is 0.338 e. The fourth-order valence-electron chi connectivity index (χ4n) is 3.14. The predicted octanol–water partition coefficient (Wildman–Crippen LogP) is 3.33. The van der Waals surface area contributed by atoms with Gasteiger partial charge in [0, 0.05) is 0 Å². The summed E-state index contributed by atoms with van der Waals surface area (Å²) in [5.41, 5.74) is 0.743. The maximum Gasteiger partial charge on any atom is 0.338 e. The number of barbiturate groups is 1. The molecule has 9 nitrogen and oxygen atoms in total. The van der Waals surface area contributed by atoms with Gasteiger partial charge in [-0.25, -0.2) is 14.5 Å². The number of hydrogen-bond acceptors (Lipinski definition) is 7. The number of imide groups is 2. The molecule has 0 spiro atoms. The lowest BCUT2D eigenvalue weighted by Gasteiger charge is -2.26. The molecule has 0 bridgehead atoms. The van der Waals surface area contributed by atoms with Gasteiger partial charge in [-0.1, -0.05) is 6.07 Å². The molecule has 1 heterocycles. The summed E-state index contributed by atoms with van der Waals surface area (Å²) in [6.07, 6.45) is 1.30. The van der Waals surface area contributed by atoms with Crippen LogP contribution < -0.4 is 19.7 Å². The standard InChI is InChI=1S/C24H24N2O7/c1-5-32-23(29)16-7-9-17(10-8-16)26-22(28)18(21(27)25-24(26)30)12-15-6-11-19(33-14(2)3)20(13-15)31-4/h6-14H,5H2,1-4H3,(H,25,27,30)/b18-12+. The summed E-state index contributed by atoms with van der Waals surface area (Å²) in [6, 6.07) is 9.81. The fourth-order valence-corrected chi connectivity index (χ4v) is 3.14. The number of ether oxygens (including phenoxy) is 3. The molecule has 172 valence electrons. The monoisotopic (exact) mass is 452 g/mol. The van der Waals surface area contributed by atoms with Crippen LogP contribution in [-0.4, -0.2) is 43.6 Å². The Bertz CT molecular complexity index is 1120. The third-order valence-electron chi connectivity index (χ3n) is 4.60. The van der Waals surface area contributed by atoms with Gasteiger partial charge >= 0.3 is 12.0 Å². The van der Waals surface area contributed by atoms with Crippen molar-refractivity contribution in [1.82, 2.24) is 5.32 Å². The van der Waals surface area contributed by atoms with Crippen LogP contribution in [0.15, 0.2) is 48.0 Å². The van der Waals surface area contributed by atoms with E-state index in [-0.39, 0.29) is 29.5 Å². The molecule has 1 N–H and O–H groups in total. The third kappa shape index (κ3) is 5.20. The minimum atomic E-state index is -0.885. The van der Waals surface area contributed by atoms with Gasteiger partial charge in [-0.3, -0.25) is 14.9 Å². The Morgan fingerprint density at radius 3 is 2.36 bits per heavy atom. The zero-order valence-corrected chi connectivity index (χ0v) is 18.7. The van der Waals surface area contributed by atoms with Crippen molar-refractivity contribution in [1.29, 1.82) is 0 Å². The zero-order valence-electron chi connectivity index (χ0n) is 18.7. The van der Waals surface area contributed by atoms with Gasteiger partial charge in [0.25, 0.3) is 11.8 Å². The van der Waals surface area contributed by atoms with Gasteiger partial charge in [-0.2, -0.15) is 0 Å². The lowest BCUT2D eigenvalue weighted by Crippen LogP contribution is -2.54. The van der Waals surface area contributed by atoms with Crippen molar-refractivity contribution >= 4 is 35.6 Å². The molecule has 0 radical (unpaired) electrons. The lowest BCUT2D eigenvalue weighted by atomic mass is 10.1. The summed E-state index contributed by atoms with van der Waals surface area (Å²) in [6.45, 7) is 5.67. The van der Waals surface area contributed by atoms with Crippen molar-refractivity contribution in [2.24, 2.45) is 0 Å². The molecule has 1 aliphatic heterocycles. The van der Waals surface area contributed by atoms with Crippen LogP contribution in [0.4, 0.5) is 10.5 Å².